The molecule has 0 radical (unpaired) electrons. The van der Waals surface area contributed by atoms with Crippen LogP contribution in [0.15, 0.2) is 59.7 Å². The van der Waals surface area contributed by atoms with E-state index >= 15 is 0 Å². The van der Waals surface area contributed by atoms with E-state index in [-0.39, 0.29) is 30.1 Å². The number of aliphatic hydroxyl groups is 1. The van der Waals surface area contributed by atoms with Crippen molar-refractivity contribution in [2.24, 2.45) is 0 Å². The maximum absolute atomic E-state index is 13.1. The van der Waals surface area contributed by atoms with Gasteiger partial charge in [-0.15, -0.1) is 10.2 Å². The number of hydrogen-bond acceptors (Lipinski definition) is 6. The molecule has 5 rings (SSSR count). The van der Waals surface area contributed by atoms with Crippen LogP contribution in [0.25, 0.3) is 17.1 Å². The number of carbonyl (C=O) groups is 1. The molecule has 0 aliphatic heterocycles. The van der Waals surface area contributed by atoms with Crippen molar-refractivity contribution >= 4 is 17.5 Å². The number of alkyl halides is 3. The molecule has 1 saturated carbocycles. The molecule has 2 aromatic carbocycles. The molecule has 0 saturated heterocycles. The Balaban J connectivity index is 1.46. The molecule has 1 unspecified atom stereocenters. The minimum atomic E-state index is -4.93. The number of nitrogens with zero attached hydrogens (tertiary/aromatic N) is 6. The first-order valence-electron chi connectivity index (χ1n) is 11.6. The van der Waals surface area contributed by atoms with Crippen molar-refractivity contribution in [2.75, 3.05) is 0 Å². The van der Waals surface area contributed by atoms with Gasteiger partial charge in [-0.1, -0.05) is 23.7 Å². The van der Waals surface area contributed by atoms with Gasteiger partial charge < -0.3 is 10.4 Å². The predicted molar refractivity (Wildman–Crippen MR) is 130 cm³/mol. The zero-order chi connectivity index (χ0) is 27.0. The third-order valence-electron chi connectivity index (χ3n) is 5.90. The van der Waals surface area contributed by atoms with E-state index in [4.69, 9.17) is 11.6 Å². The average molecular weight is 548 g/mol. The summed E-state index contributed by atoms with van der Waals surface area (Å²) in [6.45, 7) is -1.32. The Morgan fingerprint density at radius 1 is 1.13 bits per heavy atom. The van der Waals surface area contributed by atoms with Crippen LogP contribution in [0.1, 0.15) is 29.0 Å². The highest BCUT2D eigenvalue weighted by Gasteiger charge is 2.39. The van der Waals surface area contributed by atoms with Gasteiger partial charge in [0.15, 0.2) is 17.8 Å². The molecule has 10 nitrogen and oxygen atoms in total. The molecule has 2 N–H and O–H groups in total. The monoisotopic (exact) mass is 547 g/mol. The van der Waals surface area contributed by atoms with Gasteiger partial charge in [-0.3, -0.25) is 9.36 Å². The molecular formula is C24H21ClF3N7O3. The number of para-hydroxylation sites is 1. The van der Waals surface area contributed by atoms with E-state index in [1.54, 1.807) is 24.3 Å². The molecule has 1 amide bonds. The number of rotatable bonds is 8. The SMILES string of the molecule is O=C(NC1CC1)c1ccccc1-n1cnc(Cn2nc(-c3ccc(Cl)cc3)n(CC(O)C(F)(F)F)c2=O)n1. The third-order valence-corrected chi connectivity index (χ3v) is 6.15. The van der Waals surface area contributed by atoms with E-state index in [1.807, 2.05) is 0 Å². The Hall–Kier alpha value is -3.97. The van der Waals surface area contributed by atoms with Gasteiger partial charge in [-0.25, -0.2) is 19.1 Å². The number of hydrogen-bond donors (Lipinski definition) is 2. The fraction of sp³-hybridized carbons (Fsp3) is 0.292. The van der Waals surface area contributed by atoms with Gasteiger partial charge in [0.1, 0.15) is 12.9 Å². The van der Waals surface area contributed by atoms with E-state index in [9.17, 15) is 27.9 Å². The normalized spacial score (nSPS) is 14.4. The summed E-state index contributed by atoms with van der Waals surface area (Å²) < 4.78 is 42.3. The van der Waals surface area contributed by atoms with Crippen LogP contribution in [0.4, 0.5) is 13.2 Å². The number of aromatic nitrogens is 6. The Kier molecular flexibility index (Phi) is 6.80. The number of benzene rings is 2. The van der Waals surface area contributed by atoms with Crippen molar-refractivity contribution in [3.05, 3.63) is 81.8 Å². The Bertz CT molecular complexity index is 1520. The van der Waals surface area contributed by atoms with Gasteiger partial charge >= 0.3 is 11.9 Å². The first kappa shape index (κ1) is 25.7. The smallest absolute Gasteiger partial charge is 0.382 e. The first-order valence-corrected chi connectivity index (χ1v) is 12.0. The summed E-state index contributed by atoms with van der Waals surface area (Å²) in [5.74, 6) is -0.199. The zero-order valence-corrected chi connectivity index (χ0v) is 20.4. The number of amides is 1. The number of halogens is 4. The van der Waals surface area contributed by atoms with Gasteiger partial charge in [0.25, 0.3) is 5.91 Å². The molecule has 198 valence electrons. The topological polar surface area (TPSA) is 120 Å². The summed E-state index contributed by atoms with van der Waals surface area (Å²) in [5, 5.41) is 21.5. The van der Waals surface area contributed by atoms with Crippen LogP contribution in [0.2, 0.25) is 5.02 Å². The second kappa shape index (κ2) is 10.1. The first-order chi connectivity index (χ1) is 18.1. The van der Waals surface area contributed by atoms with Crippen LogP contribution in [0.3, 0.4) is 0 Å². The van der Waals surface area contributed by atoms with Crippen LogP contribution >= 0.6 is 11.6 Å². The van der Waals surface area contributed by atoms with Crippen molar-refractivity contribution in [2.45, 2.75) is 44.3 Å². The molecule has 1 aliphatic carbocycles. The Morgan fingerprint density at radius 3 is 2.53 bits per heavy atom. The lowest BCUT2D eigenvalue weighted by Crippen LogP contribution is -2.37. The van der Waals surface area contributed by atoms with Crippen LogP contribution in [-0.2, 0) is 13.1 Å². The average Bonchev–Trinajstić information content (AvgIpc) is 3.49. The summed E-state index contributed by atoms with van der Waals surface area (Å²) in [7, 11) is 0. The van der Waals surface area contributed by atoms with E-state index in [2.05, 4.69) is 20.5 Å². The van der Waals surface area contributed by atoms with Crippen LogP contribution in [0.5, 0.6) is 0 Å². The second-order valence-electron chi connectivity index (χ2n) is 8.81. The van der Waals surface area contributed by atoms with Crippen molar-refractivity contribution in [1.82, 2.24) is 34.4 Å². The van der Waals surface area contributed by atoms with E-state index in [0.717, 1.165) is 22.1 Å². The maximum Gasteiger partial charge on any atom is 0.416 e. The molecule has 1 fully saturated rings. The quantitative estimate of drug-likeness (QED) is 0.350. The standard InChI is InChI=1S/C24H21ClF3N7O3/c25-15-7-5-14(6-8-15)21-32-34(23(38)33(21)11-19(36)24(26,27)28)12-20-29-13-35(31-20)18-4-2-1-3-17(18)22(37)30-16-9-10-16/h1-8,13,16,19,36H,9-12H2,(H,30,37). The van der Waals surface area contributed by atoms with Crippen molar-refractivity contribution in [3.63, 3.8) is 0 Å². The highest BCUT2D eigenvalue weighted by atomic mass is 35.5. The number of nitrogens with one attached hydrogen (secondary N) is 1. The minimum Gasteiger partial charge on any atom is -0.382 e. The van der Waals surface area contributed by atoms with E-state index in [1.165, 1.54) is 35.3 Å². The summed E-state index contributed by atoms with van der Waals surface area (Å²) in [6, 6.07) is 13.0. The maximum atomic E-state index is 13.1. The summed E-state index contributed by atoms with van der Waals surface area (Å²) in [6.07, 6.45) is -4.48. The lowest BCUT2D eigenvalue weighted by Gasteiger charge is -2.15. The Labute approximate surface area is 218 Å². The van der Waals surface area contributed by atoms with Crippen molar-refractivity contribution < 1.29 is 23.1 Å². The molecule has 1 atom stereocenters. The molecule has 0 spiro atoms. The van der Waals surface area contributed by atoms with Gasteiger partial charge in [-0.2, -0.15) is 13.2 Å². The van der Waals surface area contributed by atoms with Crippen LogP contribution in [0, 0.1) is 0 Å². The summed E-state index contributed by atoms with van der Waals surface area (Å²) in [5.41, 5.74) is 0.299. The van der Waals surface area contributed by atoms with Gasteiger partial charge in [0.2, 0.25) is 0 Å². The van der Waals surface area contributed by atoms with Gasteiger partial charge in [0, 0.05) is 16.6 Å². The molecule has 0 bridgehead atoms. The Morgan fingerprint density at radius 2 is 1.84 bits per heavy atom. The lowest BCUT2D eigenvalue weighted by molar-refractivity contribution is -0.207. The molecule has 2 aromatic heterocycles. The highest BCUT2D eigenvalue weighted by Crippen LogP contribution is 2.24. The fourth-order valence-electron chi connectivity index (χ4n) is 3.77. The third kappa shape index (κ3) is 5.48. The lowest BCUT2D eigenvalue weighted by atomic mass is 10.1. The second-order valence-corrected chi connectivity index (χ2v) is 9.25. The largest absolute Gasteiger partial charge is 0.416 e. The number of carbonyl (C=O) groups excluding carboxylic acids is 1. The highest BCUT2D eigenvalue weighted by molar-refractivity contribution is 6.30. The van der Waals surface area contributed by atoms with Gasteiger partial charge in [0.05, 0.1) is 17.8 Å². The molecule has 4 aromatic rings. The molecule has 1 aliphatic rings. The van der Waals surface area contributed by atoms with Crippen molar-refractivity contribution in [1.29, 1.82) is 0 Å². The minimum absolute atomic E-state index is 0.0866. The van der Waals surface area contributed by atoms with Crippen molar-refractivity contribution in [3.8, 4) is 17.1 Å². The van der Waals surface area contributed by atoms with E-state index < -0.39 is 24.5 Å². The molecule has 38 heavy (non-hydrogen) atoms. The molecule has 2 heterocycles. The molecule has 14 heteroatoms. The summed E-state index contributed by atoms with van der Waals surface area (Å²) >= 11 is 5.91. The predicted octanol–water partition coefficient (Wildman–Crippen LogP) is 2.81. The van der Waals surface area contributed by atoms with Crippen LogP contribution < -0.4 is 11.0 Å². The van der Waals surface area contributed by atoms with Gasteiger partial charge in [-0.05, 0) is 49.2 Å². The van der Waals surface area contributed by atoms with E-state index in [0.29, 0.717) is 21.8 Å². The number of aliphatic hydroxyl groups excluding tert-OH is 1. The molecular weight excluding hydrogens is 527 g/mol. The van der Waals surface area contributed by atoms with Crippen LogP contribution in [-0.4, -0.2) is 58.4 Å². The summed E-state index contributed by atoms with van der Waals surface area (Å²) in [4.78, 5) is 29.9. The zero-order valence-electron chi connectivity index (χ0n) is 19.6. The fourth-order valence-corrected chi connectivity index (χ4v) is 3.90.